The zero-order chi connectivity index (χ0) is 24.6. The lowest BCUT2D eigenvalue weighted by molar-refractivity contribution is -0.118. The minimum Gasteiger partial charge on any atom is -0.442 e. The largest absolute Gasteiger partial charge is 0.442 e. The maximum Gasteiger partial charge on any atom is 0.435 e. The van der Waals surface area contributed by atoms with Crippen LogP contribution in [0.1, 0.15) is 64.9 Å². The Bertz CT molecular complexity index is 1150. The number of rotatable bonds is 5. The van der Waals surface area contributed by atoms with E-state index in [9.17, 15) is 18.0 Å². The number of ether oxygens (including phenoxy) is 1. The maximum absolute atomic E-state index is 13.0. The molecule has 0 saturated heterocycles. The van der Waals surface area contributed by atoms with Crippen molar-refractivity contribution >= 4 is 39.3 Å². The molecule has 1 heterocycles. The molecule has 1 aromatic heterocycles. The highest BCUT2D eigenvalue weighted by Gasteiger charge is 2.37. The maximum atomic E-state index is 13.0. The van der Waals surface area contributed by atoms with Crippen molar-refractivity contribution in [2.75, 3.05) is 11.2 Å². The van der Waals surface area contributed by atoms with Gasteiger partial charge in [0, 0.05) is 36.9 Å². The Morgan fingerprint density at radius 1 is 1.24 bits per heavy atom. The molecule has 0 aliphatic heterocycles. The van der Waals surface area contributed by atoms with Crippen molar-refractivity contribution in [2.24, 2.45) is 0 Å². The van der Waals surface area contributed by atoms with Crippen molar-refractivity contribution in [3.8, 4) is 0 Å². The summed E-state index contributed by atoms with van der Waals surface area (Å²) in [7, 11) is -3.44. The van der Waals surface area contributed by atoms with E-state index in [-0.39, 0.29) is 34.2 Å². The number of halogens is 1. The first-order valence-electron chi connectivity index (χ1n) is 10.9. The zero-order valence-electron chi connectivity index (χ0n) is 19.5. The fraction of sp³-hybridized carbons (Fsp3) is 0.522. The number of nitrogens with zero attached hydrogens (tertiary/aromatic N) is 3. The molecular weight excluding hydrogens is 466 g/mol. The average molecular weight is 496 g/mol. The molecule has 10 heteroatoms. The molecule has 2 aromatic rings. The van der Waals surface area contributed by atoms with E-state index in [1.165, 1.54) is 12.3 Å². The van der Waals surface area contributed by atoms with Gasteiger partial charge in [-0.15, -0.1) is 5.10 Å². The first-order chi connectivity index (χ1) is 15.3. The van der Waals surface area contributed by atoms with Gasteiger partial charge in [0.05, 0.1) is 9.92 Å². The van der Waals surface area contributed by atoms with Gasteiger partial charge in [0.15, 0.2) is 15.7 Å². The third kappa shape index (κ3) is 5.76. The average Bonchev–Trinajstić information content (AvgIpc) is 3.36. The summed E-state index contributed by atoms with van der Waals surface area (Å²) in [5.74, 6) is 0.224. The number of carbonyl (C=O) groups is 2. The molecule has 1 saturated carbocycles. The van der Waals surface area contributed by atoms with Gasteiger partial charge in [0.25, 0.3) is 0 Å². The lowest BCUT2D eigenvalue weighted by atomic mass is 9.93. The fourth-order valence-electron chi connectivity index (χ4n) is 4.19. The van der Waals surface area contributed by atoms with Gasteiger partial charge in [-0.25, -0.2) is 13.2 Å². The summed E-state index contributed by atoms with van der Waals surface area (Å²) >= 11 is 6.29. The number of carbonyl (C=O) groups excluding carboxylic acids is 2. The van der Waals surface area contributed by atoms with E-state index < -0.39 is 21.5 Å². The minimum atomic E-state index is -3.44. The number of hydrogen-bond acceptors (Lipinski definition) is 6. The van der Waals surface area contributed by atoms with Crippen LogP contribution in [0.4, 0.5) is 10.6 Å². The zero-order valence-corrected chi connectivity index (χ0v) is 21.1. The van der Waals surface area contributed by atoms with E-state index in [4.69, 9.17) is 16.3 Å². The van der Waals surface area contributed by atoms with Gasteiger partial charge in [0.2, 0.25) is 5.91 Å². The number of anilines is 1. The Morgan fingerprint density at radius 3 is 2.52 bits per heavy atom. The molecule has 2 atom stereocenters. The van der Waals surface area contributed by atoms with Crippen molar-refractivity contribution in [1.29, 1.82) is 0 Å². The molecule has 180 valence electrons. The fourth-order valence-corrected chi connectivity index (χ4v) is 5.53. The van der Waals surface area contributed by atoms with Crippen LogP contribution < -0.4 is 4.90 Å². The predicted molar refractivity (Wildman–Crippen MR) is 127 cm³/mol. The molecule has 0 radical (unpaired) electrons. The molecule has 1 fully saturated rings. The second kappa shape index (κ2) is 9.46. The van der Waals surface area contributed by atoms with Gasteiger partial charge in [-0.2, -0.15) is 4.68 Å². The molecule has 0 spiro atoms. The van der Waals surface area contributed by atoms with E-state index in [1.54, 1.807) is 50.8 Å². The van der Waals surface area contributed by atoms with E-state index in [2.05, 4.69) is 5.10 Å². The smallest absolute Gasteiger partial charge is 0.435 e. The van der Waals surface area contributed by atoms with Crippen LogP contribution in [-0.4, -0.2) is 48.1 Å². The van der Waals surface area contributed by atoms with Gasteiger partial charge in [-0.05, 0) is 51.3 Å². The SMILES string of the molecule is CCC(=O)N(c1ccn(C(=O)OC(C)(C)C)n1)C1CCCC1c1ccc(S(C)(=O)=O)c(Cl)c1. The summed E-state index contributed by atoms with van der Waals surface area (Å²) in [5.41, 5.74) is 0.200. The predicted octanol–water partition coefficient (Wildman–Crippen LogP) is 4.80. The van der Waals surface area contributed by atoms with E-state index in [0.717, 1.165) is 35.8 Å². The van der Waals surface area contributed by atoms with Crippen LogP contribution in [0.2, 0.25) is 5.02 Å². The van der Waals surface area contributed by atoms with Crippen LogP contribution in [0.15, 0.2) is 35.4 Å². The Labute approximate surface area is 199 Å². The van der Waals surface area contributed by atoms with E-state index in [0.29, 0.717) is 5.82 Å². The van der Waals surface area contributed by atoms with Crippen LogP contribution in [-0.2, 0) is 19.4 Å². The number of hydrogen-bond donors (Lipinski definition) is 0. The second-order valence-electron chi connectivity index (χ2n) is 9.28. The van der Waals surface area contributed by atoms with Crippen LogP contribution in [0.25, 0.3) is 0 Å². The summed E-state index contributed by atoms with van der Waals surface area (Å²) < 4.78 is 30.3. The summed E-state index contributed by atoms with van der Waals surface area (Å²) in [5, 5.41) is 4.51. The van der Waals surface area contributed by atoms with Gasteiger partial charge >= 0.3 is 6.09 Å². The van der Waals surface area contributed by atoms with Crippen molar-refractivity contribution in [2.45, 2.75) is 75.8 Å². The molecule has 0 bridgehead atoms. The molecule has 1 aromatic carbocycles. The van der Waals surface area contributed by atoms with Gasteiger partial charge < -0.3 is 4.74 Å². The summed E-state index contributed by atoms with van der Waals surface area (Å²) in [6.45, 7) is 7.09. The lowest BCUT2D eigenvalue weighted by Crippen LogP contribution is -2.42. The quantitative estimate of drug-likeness (QED) is 0.590. The number of benzene rings is 1. The number of aromatic nitrogens is 2. The van der Waals surface area contributed by atoms with Crippen molar-refractivity contribution in [1.82, 2.24) is 9.78 Å². The molecule has 33 heavy (non-hydrogen) atoms. The van der Waals surface area contributed by atoms with Crippen LogP contribution >= 0.6 is 11.6 Å². The summed E-state index contributed by atoms with van der Waals surface area (Å²) in [4.78, 5) is 27.1. The highest BCUT2D eigenvalue weighted by molar-refractivity contribution is 7.90. The third-order valence-corrected chi connectivity index (χ3v) is 7.15. The molecule has 1 aliphatic carbocycles. The Kier molecular flexibility index (Phi) is 7.24. The van der Waals surface area contributed by atoms with E-state index in [1.807, 2.05) is 0 Å². The highest BCUT2D eigenvalue weighted by atomic mass is 35.5. The van der Waals surface area contributed by atoms with Crippen molar-refractivity contribution < 1.29 is 22.7 Å². The van der Waals surface area contributed by atoms with Crippen LogP contribution in [0, 0.1) is 0 Å². The van der Waals surface area contributed by atoms with Gasteiger partial charge in [-0.3, -0.25) is 9.69 Å². The first kappa shape index (κ1) is 25.2. The standard InChI is InChI=1S/C23H30ClN3O5S/c1-6-21(28)27(20-12-13-26(25-20)22(29)32-23(2,3)4)18-9-7-8-16(18)15-10-11-19(17(24)14-15)33(5,30)31/h10-14,16,18H,6-9H2,1-5H3. The Morgan fingerprint density at radius 2 is 1.94 bits per heavy atom. The lowest BCUT2D eigenvalue weighted by Gasteiger charge is -2.32. The molecular formula is C23H30ClN3O5S. The highest BCUT2D eigenvalue weighted by Crippen LogP contribution is 2.41. The topological polar surface area (TPSA) is 98.6 Å². The Balaban J connectivity index is 1.94. The van der Waals surface area contributed by atoms with Crippen LogP contribution in [0.3, 0.4) is 0 Å². The third-order valence-electron chi connectivity index (χ3n) is 5.57. The summed E-state index contributed by atoms with van der Waals surface area (Å²) in [6.07, 6.45) is 4.72. The molecule has 1 amide bonds. The normalized spacial score (nSPS) is 18.8. The molecule has 0 N–H and O–H groups in total. The second-order valence-corrected chi connectivity index (χ2v) is 11.7. The molecule has 1 aliphatic rings. The number of sulfone groups is 1. The van der Waals surface area contributed by atoms with Crippen LogP contribution in [0.5, 0.6) is 0 Å². The monoisotopic (exact) mass is 495 g/mol. The van der Waals surface area contributed by atoms with Gasteiger partial charge in [-0.1, -0.05) is 31.0 Å². The molecule has 3 rings (SSSR count). The molecule has 2 unspecified atom stereocenters. The summed E-state index contributed by atoms with van der Waals surface area (Å²) in [6, 6.07) is 6.39. The first-order valence-corrected chi connectivity index (χ1v) is 13.2. The van der Waals surface area contributed by atoms with E-state index >= 15 is 0 Å². The van der Waals surface area contributed by atoms with Gasteiger partial charge in [0.1, 0.15) is 5.60 Å². The molecule has 8 nitrogen and oxygen atoms in total. The van der Waals surface area contributed by atoms with Crippen molar-refractivity contribution in [3.05, 3.63) is 41.0 Å². The van der Waals surface area contributed by atoms with Crippen molar-refractivity contribution in [3.63, 3.8) is 0 Å². The Hall–Kier alpha value is -2.39. The number of amides is 1. The minimum absolute atomic E-state index is 0.0433.